The van der Waals surface area contributed by atoms with Gasteiger partial charge in [0.2, 0.25) is 0 Å². The van der Waals surface area contributed by atoms with Gasteiger partial charge in [0, 0.05) is 0 Å². The van der Waals surface area contributed by atoms with Crippen LogP contribution in [-0.4, -0.2) is 13.5 Å². The Morgan fingerprint density at radius 3 is 2.60 bits per heavy atom. The number of rotatable bonds is 5. The molecule has 0 saturated carbocycles. The van der Waals surface area contributed by atoms with Crippen LogP contribution in [0.3, 0.4) is 0 Å². The van der Waals surface area contributed by atoms with E-state index in [0.29, 0.717) is 11.3 Å². The Labute approximate surface area is 123 Å². The number of aliphatic hydroxyl groups is 1. The molecule has 0 aliphatic carbocycles. The number of anilines is 1. The van der Waals surface area contributed by atoms with E-state index < -0.39 is 10.0 Å². The number of sulfonamides is 1. The largest absolute Gasteiger partial charge is 0.392 e. The zero-order valence-electron chi connectivity index (χ0n) is 11.3. The van der Waals surface area contributed by atoms with Gasteiger partial charge in [-0.1, -0.05) is 32.0 Å². The lowest BCUT2D eigenvalue weighted by Gasteiger charge is -2.14. The first-order chi connectivity index (χ1) is 9.44. The molecule has 1 heterocycles. The molecule has 0 spiro atoms. The molecule has 0 aliphatic heterocycles. The Bertz CT molecular complexity index is 690. The fourth-order valence-electron chi connectivity index (χ4n) is 1.87. The van der Waals surface area contributed by atoms with Gasteiger partial charge < -0.3 is 5.11 Å². The molecule has 0 aliphatic rings. The van der Waals surface area contributed by atoms with E-state index in [-0.39, 0.29) is 16.7 Å². The molecule has 2 N–H and O–H groups in total. The lowest BCUT2D eigenvalue weighted by molar-refractivity contribution is 0.282. The Morgan fingerprint density at radius 1 is 1.30 bits per heavy atom. The standard InChI is InChI=1S/C14H17NO3S2/c1-10(2)12-5-3-4-6-13(12)15-20(17,18)14-7-11(8-16)9-19-14/h3-7,9-10,15-16H,8H2,1-2H3. The summed E-state index contributed by atoms with van der Waals surface area (Å²) < 4.78 is 27.5. The van der Waals surface area contributed by atoms with Crippen LogP contribution < -0.4 is 4.72 Å². The minimum absolute atomic E-state index is 0.158. The van der Waals surface area contributed by atoms with Crippen molar-refractivity contribution in [2.45, 2.75) is 30.6 Å². The van der Waals surface area contributed by atoms with Crippen molar-refractivity contribution in [1.29, 1.82) is 0 Å². The van der Waals surface area contributed by atoms with Crippen LogP contribution in [0, 0.1) is 0 Å². The summed E-state index contributed by atoms with van der Waals surface area (Å²) in [5, 5.41) is 10.7. The minimum Gasteiger partial charge on any atom is -0.392 e. The Hall–Kier alpha value is -1.37. The van der Waals surface area contributed by atoms with E-state index in [1.54, 1.807) is 17.5 Å². The predicted octanol–water partition coefficient (Wildman–Crippen LogP) is 3.16. The third kappa shape index (κ3) is 3.20. The molecule has 0 fully saturated rings. The van der Waals surface area contributed by atoms with E-state index in [0.717, 1.165) is 16.9 Å². The average Bonchev–Trinajstić information content (AvgIpc) is 2.88. The smallest absolute Gasteiger partial charge is 0.271 e. The fourth-order valence-corrected chi connectivity index (χ4v) is 4.15. The second-order valence-corrected chi connectivity index (χ2v) is 7.60. The molecule has 4 nitrogen and oxygen atoms in total. The number of hydrogen-bond donors (Lipinski definition) is 2. The molecule has 2 rings (SSSR count). The van der Waals surface area contributed by atoms with E-state index in [1.807, 2.05) is 26.0 Å². The van der Waals surface area contributed by atoms with E-state index >= 15 is 0 Å². The number of para-hydroxylation sites is 1. The zero-order valence-corrected chi connectivity index (χ0v) is 13.0. The van der Waals surface area contributed by atoms with E-state index in [4.69, 9.17) is 5.11 Å². The molecule has 0 bridgehead atoms. The van der Waals surface area contributed by atoms with Crippen LogP contribution in [0.25, 0.3) is 0 Å². The maximum atomic E-state index is 12.3. The van der Waals surface area contributed by atoms with Crippen LogP contribution in [0.4, 0.5) is 5.69 Å². The van der Waals surface area contributed by atoms with Gasteiger partial charge in [-0.3, -0.25) is 4.72 Å². The highest BCUT2D eigenvalue weighted by Gasteiger charge is 2.18. The molecule has 0 saturated heterocycles. The third-order valence-corrected chi connectivity index (χ3v) is 5.76. The first-order valence-corrected chi connectivity index (χ1v) is 8.60. The van der Waals surface area contributed by atoms with Gasteiger partial charge in [0.15, 0.2) is 0 Å². The summed E-state index contributed by atoms with van der Waals surface area (Å²) in [5.74, 6) is 0.227. The summed E-state index contributed by atoms with van der Waals surface area (Å²) in [4.78, 5) is 0. The highest BCUT2D eigenvalue weighted by atomic mass is 32.2. The molecular formula is C14H17NO3S2. The molecule has 0 radical (unpaired) electrons. The molecule has 2 aromatic rings. The van der Waals surface area contributed by atoms with Crippen LogP contribution in [0.15, 0.2) is 39.9 Å². The van der Waals surface area contributed by atoms with Gasteiger partial charge in [0.05, 0.1) is 12.3 Å². The Balaban J connectivity index is 2.33. The number of nitrogens with one attached hydrogen (secondary N) is 1. The second-order valence-electron chi connectivity index (χ2n) is 4.78. The van der Waals surface area contributed by atoms with Crippen LogP contribution in [0.5, 0.6) is 0 Å². The quantitative estimate of drug-likeness (QED) is 0.891. The lowest BCUT2D eigenvalue weighted by Crippen LogP contribution is -2.13. The molecule has 0 atom stereocenters. The van der Waals surface area contributed by atoms with E-state index in [1.165, 1.54) is 6.07 Å². The van der Waals surface area contributed by atoms with Crippen LogP contribution >= 0.6 is 11.3 Å². The fraction of sp³-hybridized carbons (Fsp3) is 0.286. The summed E-state index contributed by atoms with van der Waals surface area (Å²) in [5.41, 5.74) is 2.16. The number of aliphatic hydroxyl groups excluding tert-OH is 1. The molecule has 0 amide bonds. The zero-order chi connectivity index (χ0) is 14.8. The first-order valence-electron chi connectivity index (χ1n) is 6.24. The molecular weight excluding hydrogens is 294 g/mol. The van der Waals surface area contributed by atoms with E-state index in [2.05, 4.69) is 4.72 Å². The summed E-state index contributed by atoms with van der Waals surface area (Å²) in [6.45, 7) is 3.87. The normalized spacial score (nSPS) is 11.8. The van der Waals surface area contributed by atoms with Gasteiger partial charge in [0.1, 0.15) is 4.21 Å². The molecule has 0 unspecified atom stereocenters. The topological polar surface area (TPSA) is 66.4 Å². The van der Waals surface area contributed by atoms with Crippen molar-refractivity contribution in [3.63, 3.8) is 0 Å². The highest BCUT2D eigenvalue weighted by molar-refractivity contribution is 7.94. The van der Waals surface area contributed by atoms with Crippen molar-refractivity contribution >= 4 is 27.0 Å². The SMILES string of the molecule is CC(C)c1ccccc1NS(=O)(=O)c1cc(CO)cs1. The highest BCUT2D eigenvalue weighted by Crippen LogP contribution is 2.28. The molecule has 1 aromatic carbocycles. The van der Waals surface area contributed by atoms with Crippen molar-refractivity contribution in [2.24, 2.45) is 0 Å². The molecule has 6 heteroatoms. The van der Waals surface area contributed by atoms with Crippen molar-refractivity contribution < 1.29 is 13.5 Å². The summed E-state index contributed by atoms with van der Waals surface area (Å²) in [6, 6.07) is 8.86. The Kier molecular flexibility index (Phi) is 4.47. The van der Waals surface area contributed by atoms with Crippen LogP contribution in [0.2, 0.25) is 0 Å². The third-order valence-electron chi connectivity index (χ3n) is 2.90. The van der Waals surface area contributed by atoms with Gasteiger partial charge in [-0.25, -0.2) is 8.42 Å². The number of benzene rings is 1. The van der Waals surface area contributed by atoms with Crippen molar-refractivity contribution in [2.75, 3.05) is 4.72 Å². The second kappa shape index (κ2) is 5.95. The monoisotopic (exact) mass is 311 g/mol. The first kappa shape index (κ1) is 15.0. The lowest BCUT2D eigenvalue weighted by atomic mass is 10.0. The maximum Gasteiger partial charge on any atom is 0.271 e. The van der Waals surface area contributed by atoms with Crippen molar-refractivity contribution in [1.82, 2.24) is 0 Å². The van der Waals surface area contributed by atoms with Crippen LogP contribution in [0.1, 0.15) is 30.9 Å². The number of hydrogen-bond acceptors (Lipinski definition) is 4. The molecule has 108 valence electrons. The average molecular weight is 311 g/mol. The van der Waals surface area contributed by atoms with E-state index in [9.17, 15) is 8.42 Å². The van der Waals surface area contributed by atoms with Gasteiger partial charge in [-0.15, -0.1) is 11.3 Å². The number of thiophene rings is 1. The maximum absolute atomic E-state index is 12.3. The molecule has 20 heavy (non-hydrogen) atoms. The predicted molar refractivity (Wildman–Crippen MR) is 81.6 cm³/mol. The minimum atomic E-state index is -3.60. The van der Waals surface area contributed by atoms with Gasteiger partial charge in [-0.2, -0.15) is 0 Å². The van der Waals surface area contributed by atoms with Crippen LogP contribution in [-0.2, 0) is 16.6 Å². The summed E-state index contributed by atoms with van der Waals surface area (Å²) in [7, 11) is -3.60. The Morgan fingerprint density at radius 2 is 2.00 bits per heavy atom. The van der Waals surface area contributed by atoms with Gasteiger partial charge >= 0.3 is 0 Å². The molecule has 1 aromatic heterocycles. The van der Waals surface area contributed by atoms with Gasteiger partial charge in [0.25, 0.3) is 10.0 Å². The van der Waals surface area contributed by atoms with Crippen molar-refractivity contribution in [3.8, 4) is 0 Å². The summed E-state index contributed by atoms with van der Waals surface area (Å²) in [6.07, 6.45) is 0. The van der Waals surface area contributed by atoms with Crippen molar-refractivity contribution in [3.05, 3.63) is 46.8 Å². The summed E-state index contributed by atoms with van der Waals surface area (Å²) >= 11 is 1.10. The van der Waals surface area contributed by atoms with Gasteiger partial charge in [-0.05, 0) is 34.6 Å².